The second kappa shape index (κ2) is 8.43. The number of nitrogen functional groups attached to an aromatic ring is 1. The number of anilines is 1. The molecule has 4 rings (SSSR count). The average Bonchev–Trinajstić information content (AvgIpc) is 2.99. The molecular weight excluding hydrogens is 420 g/mol. The Balaban J connectivity index is 1.60. The van der Waals surface area contributed by atoms with Crippen LogP contribution in [0, 0.1) is 0 Å². The lowest BCUT2D eigenvalue weighted by Gasteiger charge is -2.25. The van der Waals surface area contributed by atoms with Crippen molar-refractivity contribution in [2.45, 2.75) is 13.1 Å². The van der Waals surface area contributed by atoms with Gasteiger partial charge in [0.2, 0.25) is 0 Å². The van der Waals surface area contributed by atoms with Gasteiger partial charge in [-0.15, -0.1) is 0 Å². The predicted octanol–water partition coefficient (Wildman–Crippen LogP) is 2.49. The molecule has 1 aliphatic rings. The molecule has 1 aromatic heterocycles. The molecule has 2 heterocycles. The van der Waals surface area contributed by atoms with Crippen molar-refractivity contribution in [2.24, 2.45) is 0 Å². The quantitative estimate of drug-likeness (QED) is 0.469. The molecule has 2 aromatic carbocycles. The summed E-state index contributed by atoms with van der Waals surface area (Å²) >= 11 is 3.41. The van der Waals surface area contributed by atoms with Crippen molar-refractivity contribution in [3.63, 3.8) is 0 Å². The van der Waals surface area contributed by atoms with Gasteiger partial charge in [-0.3, -0.25) is 15.4 Å². The topological polar surface area (TPSA) is 64.4 Å². The Morgan fingerprint density at radius 2 is 1.79 bits per heavy atom. The molecule has 0 aliphatic carbocycles. The van der Waals surface area contributed by atoms with Crippen molar-refractivity contribution < 1.29 is 14.1 Å². The number of fused-ring (bicyclic) bond motifs is 1. The highest BCUT2D eigenvalue weighted by Crippen LogP contribution is 2.17. The first-order valence-corrected chi connectivity index (χ1v) is 10.3. The van der Waals surface area contributed by atoms with Crippen molar-refractivity contribution in [3.05, 3.63) is 58.6 Å². The molecule has 7 heteroatoms. The van der Waals surface area contributed by atoms with E-state index in [0.29, 0.717) is 11.5 Å². The number of aromatic nitrogens is 2. The Kier molecular flexibility index (Phi) is 5.75. The standard InChI is InChI=1S/C21H23BrN4O2/c22-17-7-5-16(6-8-17)20(27)15-26-19-4-2-1-3-18(19)25(21(26)23)10-9-24-11-13-28-14-12-24/h1-8,23H,9-15H2/p+1. The Morgan fingerprint density at radius 1 is 1.07 bits per heavy atom. The third-order valence-electron chi connectivity index (χ3n) is 5.23. The maximum absolute atomic E-state index is 12.8. The molecule has 146 valence electrons. The number of morpholine rings is 1. The SMILES string of the molecule is Nc1n(CCN2CCOCC2)c2ccccc2[n+]1CC(=O)c1ccc(Br)cc1. The first kappa shape index (κ1) is 19.1. The van der Waals surface area contributed by atoms with Gasteiger partial charge in [0, 0.05) is 29.7 Å². The van der Waals surface area contributed by atoms with Crippen LogP contribution in [0.3, 0.4) is 0 Å². The van der Waals surface area contributed by atoms with E-state index in [1.54, 1.807) is 0 Å². The summed E-state index contributed by atoms with van der Waals surface area (Å²) in [5.74, 6) is 0.653. The summed E-state index contributed by atoms with van der Waals surface area (Å²) in [4.78, 5) is 15.2. The molecule has 0 saturated carbocycles. The number of nitrogens with two attached hydrogens (primary N) is 1. The summed E-state index contributed by atoms with van der Waals surface area (Å²) in [6.45, 7) is 5.37. The zero-order valence-corrected chi connectivity index (χ0v) is 17.3. The van der Waals surface area contributed by atoms with Gasteiger partial charge in [0.1, 0.15) is 17.6 Å². The van der Waals surface area contributed by atoms with Gasteiger partial charge in [-0.05, 0) is 24.3 Å². The van der Waals surface area contributed by atoms with Crippen molar-refractivity contribution >= 4 is 38.7 Å². The number of nitrogens with zero attached hydrogens (tertiary/aromatic N) is 3. The van der Waals surface area contributed by atoms with Gasteiger partial charge in [-0.25, -0.2) is 9.13 Å². The number of carbonyl (C=O) groups is 1. The molecule has 0 amide bonds. The van der Waals surface area contributed by atoms with E-state index in [1.165, 1.54) is 0 Å². The third-order valence-corrected chi connectivity index (χ3v) is 5.76. The molecule has 0 bridgehead atoms. The van der Waals surface area contributed by atoms with Gasteiger partial charge in [0.05, 0.1) is 19.8 Å². The molecule has 3 aromatic rings. The second-order valence-corrected chi connectivity index (χ2v) is 7.88. The molecule has 0 radical (unpaired) electrons. The number of rotatable bonds is 6. The molecule has 1 fully saturated rings. The fourth-order valence-electron chi connectivity index (χ4n) is 3.65. The maximum atomic E-state index is 12.8. The molecular formula is C21H24BrN4O2+. The molecule has 1 saturated heterocycles. The molecule has 1 aliphatic heterocycles. The Bertz CT molecular complexity index is 978. The Labute approximate surface area is 172 Å². The van der Waals surface area contributed by atoms with E-state index in [2.05, 4.69) is 31.5 Å². The van der Waals surface area contributed by atoms with Crippen LogP contribution in [0.5, 0.6) is 0 Å². The van der Waals surface area contributed by atoms with E-state index < -0.39 is 0 Å². The largest absolute Gasteiger partial charge is 0.379 e. The lowest BCUT2D eigenvalue weighted by atomic mass is 10.1. The van der Waals surface area contributed by atoms with Gasteiger partial charge in [0.25, 0.3) is 0 Å². The van der Waals surface area contributed by atoms with Crippen LogP contribution in [-0.4, -0.2) is 48.1 Å². The van der Waals surface area contributed by atoms with Gasteiger partial charge < -0.3 is 4.74 Å². The number of ether oxygens (including phenoxy) is 1. The molecule has 28 heavy (non-hydrogen) atoms. The number of imidazole rings is 1. The van der Waals surface area contributed by atoms with E-state index >= 15 is 0 Å². The van der Waals surface area contributed by atoms with E-state index in [0.717, 1.165) is 54.9 Å². The molecule has 2 N–H and O–H groups in total. The fourth-order valence-corrected chi connectivity index (χ4v) is 3.92. The maximum Gasteiger partial charge on any atom is 0.356 e. The molecule has 6 nitrogen and oxygen atoms in total. The minimum absolute atomic E-state index is 0.0419. The molecule has 0 unspecified atom stereocenters. The summed E-state index contributed by atoms with van der Waals surface area (Å²) in [5, 5.41) is 0. The lowest BCUT2D eigenvalue weighted by molar-refractivity contribution is -0.642. The number of benzene rings is 2. The van der Waals surface area contributed by atoms with Crippen molar-refractivity contribution in [2.75, 3.05) is 38.6 Å². The van der Waals surface area contributed by atoms with Crippen LogP contribution in [0.2, 0.25) is 0 Å². The number of halogens is 1. The average molecular weight is 444 g/mol. The fraction of sp³-hybridized carbons (Fsp3) is 0.333. The third kappa shape index (κ3) is 3.97. The zero-order chi connectivity index (χ0) is 19.5. The summed E-state index contributed by atoms with van der Waals surface area (Å²) in [6, 6.07) is 15.5. The van der Waals surface area contributed by atoms with Crippen LogP contribution in [0.4, 0.5) is 5.95 Å². The first-order valence-electron chi connectivity index (χ1n) is 9.49. The van der Waals surface area contributed by atoms with Crippen LogP contribution in [-0.2, 0) is 17.8 Å². The molecule has 0 spiro atoms. The monoisotopic (exact) mass is 443 g/mol. The highest BCUT2D eigenvalue weighted by atomic mass is 79.9. The zero-order valence-electron chi connectivity index (χ0n) is 15.7. The van der Waals surface area contributed by atoms with Crippen LogP contribution >= 0.6 is 15.9 Å². The van der Waals surface area contributed by atoms with Gasteiger partial charge in [-0.2, -0.15) is 0 Å². The number of hydrogen-bond donors (Lipinski definition) is 1. The van der Waals surface area contributed by atoms with Crippen LogP contribution in [0.25, 0.3) is 11.0 Å². The van der Waals surface area contributed by atoms with Crippen LogP contribution in [0.15, 0.2) is 53.0 Å². The van der Waals surface area contributed by atoms with Gasteiger partial charge in [-0.1, -0.05) is 40.2 Å². The van der Waals surface area contributed by atoms with E-state index in [9.17, 15) is 4.79 Å². The predicted molar refractivity (Wildman–Crippen MR) is 112 cm³/mol. The van der Waals surface area contributed by atoms with Crippen molar-refractivity contribution in [1.82, 2.24) is 9.47 Å². The number of para-hydroxylation sites is 2. The molecule has 0 atom stereocenters. The summed E-state index contributed by atoms with van der Waals surface area (Å²) in [7, 11) is 0. The van der Waals surface area contributed by atoms with Crippen molar-refractivity contribution in [1.29, 1.82) is 0 Å². The number of hydrogen-bond acceptors (Lipinski definition) is 4. The van der Waals surface area contributed by atoms with E-state index in [-0.39, 0.29) is 12.3 Å². The van der Waals surface area contributed by atoms with E-state index in [4.69, 9.17) is 10.5 Å². The normalized spacial score (nSPS) is 15.2. The Hall–Kier alpha value is -2.22. The first-order chi connectivity index (χ1) is 13.6. The Morgan fingerprint density at radius 3 is 2.54 bits per heavy atom. The highest BCUT2D eigenvalue weighted by molar-refractivity contribution is 9.10. The van der Waals surface area contributed by atoms with Gasteiger partial charge >= 0.3 is 5.95 Å². The van der Waals surface area contributed by atoms with Crippen LogP contribution in [0.1, 0.15) is 10.4 Å². The smallest absolute Gasteiger partial charge is 0.356 e. The van der Waals surface area contributed by atoms with Crippen molar-refractivity contribution in [3.8, 4) is 0 Å². The summed E-state index contributed by atoms with van der Waals surface area (Å²) in [5.41, 5.74) is 9.22. The minimum Gasteiger partial charge on any atom is -0.379 e. The van der Waals surface area contributed by atoms with E-state index in [1.807, 2.05) is 47.0 Å². The second-order valence-electron chi connectivity index (χ2n) is 6.97. The minimum atomic E-state index is 0.0419. The lowest BCUT2D eigenvalue weighted by Crippen LogP contribution is -2.41. The number of ketones is 1. The summed E-state index contributed by atoms with van der Waals surface area (Å²) < 4.78 is 10.4. The van der Waals surface area contributed by atoms with Crippen LogP contribution < -0.4 is 10.3 Å². The summed E-state index contributed by atoms with van der Waals surface area (Å²) in [6.07, 6.45) is 0. The van der Waals surface area contributed by atoms with Gasteiger partial charge in [0.15, 0.2) is 5.78 Å². The highest BCUT2D eigenvalue weighted by Gasteiger charge is 2.23. The number of carbonyl (C=O) groups excluding carboxylic acids is 1. The number of Topliss-reactive ketones (excluding diaryl/α,β-unsaturated/α-hetero) is 1.